The van der Waals surface area contributed by atoms with Crippen LogP contribution in [0.1, 0.15) is 41.2 Å². The highest BCUT2D eigenvalue weighted by molar-refractivity contribution is 7.14. The van der Waals surface area contributed by atoms with Gasteiger partial charge in [-0.25, -0.2) is 0 Å². The van der Waals surface area contributed by atoms with Crippen molar-refractivity contribution < 1.29 is 4.79 Å². The maximum absolute atomic E-state index is 12.1. The van der Waals surface area contributed by atoms with Gasteiger partial charge in [-0.15, -0.1) is 11.3 Å². The number of thiophene rings is 1. The van der Waals surface area contributed by atoms with E-state index in [4.69, 9.17) is 0 Å². The molecule has 1 aliphatic heterocycles. The van der Waals surface area contributed by atoms with Crippen LogP contribution < -0.4 is 0 Å². The Labute approximate surface area is 108 Å². The molecule has 1 saturated heterocycles. The second kappa shape index (κ2) is 5.32. The van der Waals surface area contributed by atoms with Crippen molar-refractivity contribution in [1.82, 2.24) is 4.90 Å². The maximum Gasteiger partial charge on any atom is 0.186 e. The lowest BCUT2D eigenvalue weighted by molar-refractivity contribution is 0.0809. The molecule has 1 fully saturated rings. The summed E-state index contributed by atoms with van der Waals surface area (Å²) in [6.45, 7) is 8.22. The van der Waals surface area contributed by atoms with Gasteiger partial charge < -0.3 is 0 Å². The molecule has 0 radical (unpaired) electrons. The van der Waals surface area contributed by atoms with Gasteiger partial charge in [-0.3, -0.25) is 9.69 Å². The largest absolute Gasteiger partial charge is 0.293 e. The van der Waals surface area contributed by atoms with Crippen LogP contribution in [0.3, 0.4) is 0 Å². The lowest BCUT2D eigenvalue weighted by atomic mass is 9.95. The second-order valence-corrected chi connectivity index (χ2v) is 6.58. The Balaban J connectivity index is 1.98. The monoisotopic (exact) mass is 251 g/mol. The molecule has 2 rings (SSSR count). The first-order valence-corrected chi connectivity index (χ1v) is 7.21. The van der Waals surface area contributed by atoms with Gasteiger partial charge in [-0.1, -0.05) is 6.92 Å². The Hall–Kier alpha value is -0.670. The standard InChI is InChI=1S/C14H21NOS/c1-10-4-5-11(2)15(8-10)9-13(16)14-7-6-12(3)17-14/h6-7,10-11H,4-5,8-9H2,1-3H3. The van der Waals surface area contributed by atoms with E-state index in [2.05, 4.69) is 18.7 Å². The molecule has 17 heavy (non-hydrogen) atoms. The number of carbonyl (C=O) groups is 1. The third-order valence-corrected chi connectivity index (χ3v) is 4.65. The molecule has 0 aliphatic carbocycles. The van der Waals surface area contributed by atoms with Crippen LogP contribution in [0.2, 0.25) is 0 Å². The molecule has 94 valence electrons. The van der Waals surface area contributed by atoms with Crippen molar-refractivity contribution in [1.29, 1.82) is 0 Å². The Kier molecular flexibility index (Phi) is 4.00. The van der Waals surface area contributed by atoms with E-state index in [1.807, 2.05) is 19.1 Å². The Morgan fingerprint density at radius 3 is 2.82 bits per heavy atom. The molecular weight excluding hydrogens is 230 g/mol. The summed E-state index contributed by atoms with van der Waals surface area (Å²) < 4.78 is 0. The first-order chi connectivity index (χ1) is 8.06. The molecule has 2 atom stereocenters. The average Bonchev–Trinajstić information content (AvgIpc) is 2.70. The number of hydrogen-bond donors (Lipinski definition) is 0. The molecule has 0 spiro atoms. The van der Waals surface area contributed by atoms with Crippen molar-refractivity contribution in [3.8, 4) is 0 Å². The molecule has 0 saturated carbocycles. The predicted molar refractivity (Wildman–Crippen MR) is 72.8 cm³/mol. The highest BCUT2D eigenvalue weighted by Crippen LogP contribution is 2.22. The summed E-state index contributed by atoms with van der Waals surface area (Å²) in [4.78, 5) is 16.6. The summed E-state index contributed by atoms with van der Waals surface area (Å²) in [5.74, 6) is 1.01. The lowest BCUT2D eigenvalue weighted by Gasteiger charge is -2.36. The van der Waals surface area contributed by atoms with E-state index in [1.54, 1.807) is 11.3 Å². The third-order valence-electron chi connectivity index (χ3n) is 3.61. The SMILES string of the molecule is Cc1ccc(C(=O)CN2CC(C)CCC2C)s1. The van der Waals surface area contributed by atoms with Crippen molar-refractivity contribution in [2.45, 2.75) is 39.7 Å². The number of aryl methyl sites for hydroxylation is 1. The van der Waals surface area contributed by atoms with Gasteiger partial charge in [0.25, 0.3) is 0 Å². The van der Waals surface area contributed by atoms with Crippen LogP contribution in [0, 0.1) is 12.8 Å². The van der Waals surface area contributed by atoms with Crippen LogP contribution in [0.4, 0.5) is 0 Å². The van der Waals surface area contributed by atoms with Crippen molar-refractivity contribution >= 4 is 17.1 Å². The zero-order valence-electron chi connectivity index (χ0n) is 10.9. The highest BCUT2D eigenvalue weighted by atomic mass is 32.1. The zero-order chi connectivity index (χ0) is 12.4. The summed E-state index contributed by atoms with van der Waals surface area (Å²) in [7, 11) is 0. The molecule has 2 heterocycles. The molecule has 1 aromatic rings. The Bertz CT molecular complexity index is 399. The molecule has 2 unspecified atom stereocenters. The molecule has 0 aromatic carbocycles. The van der Waals surface area contributed by atoms with Crippen LogP contribution in [0.15, 0.2) is 12.1 Å². The number of Topliss-reactive ketones (excluding diaryl/α,β-unsaturated/α-hetero) is 1. The van der Waals surface area contributed by atoms with E-state index < -0.39 is 0 Å². The van der Waals surface area contributed by atoms with E-state index in [0.29, 0.717) is 12.6 Å². The van der Waals surface area contributed by atoms with E-state index in [0.717, 1.165) is 17.3 Å². The summed E-state index contributed by atoms with van der Waals surface area (Å²) in [5, 5.41) is 0. The van der Waals surface area contributed by atoms with E-state index in [9.17, 15) is 4.79 Å². The van der Waals surface area contributed by atoms with E-state index in [1.165, 1.54) is 17.7 Å². The number of ketones is 1. The molecule has 1 aliphatic rings. The zero-order valence-corrected chi connectivity index (χ0v) is 11.7. The van der Waals surface area contributed by atoms with Gasteiger partial charge >= 0.3 is 0 Å². The topological polar surface area (TPSA) is 20.3 Å². The van der Waals surface area contributed by atoms with Gasteiger partial charge in [-0.05, 0) is 44.7 Å². The Morgan fingerprint density at radius 1 is 1.41 bits per heavy atom. The molecular formula is C14H21NOS. The van der Waals surface area contributed by atoms with Gasteiger partial charge in [0.1, 0.15) is 0 Å². The lowest BCUT2D eigenvalue weighted by Crippen LogP contribution is -2.43. The summed E-state index contributed by atoms with van der Waals surface area (Å²) in [6, 6.07) is 4.54. The fourth-order valence-electron chi connectivity index (χ4n) is 2.45. The normalized spacial score (nSPS) is 26.1. The van der Waals surface area contributed by atoms with E-state index in [-0.39, 0.29) is 5.78 Å². The highest BCUT2D eigenvalue weighted by Gasteiger charge is 2.25. The number of rotatable bonds is 3. The van der Waals surface area contributed by atoms with Crippen molar-refractivity contribution in [3.63, 3.8) is 0 Å². The molecule has 1 aromatic heterocycles. The second-order valence-electron chi connectivity index (χ2n) is 5.29. The van der Waals surface area contributed by atoms with Crippen LogP contribution >= 0.6 is 11.3 Å². The van der Waals surface area contributed by atoms with Crippen LogP contribution in [0.5, 0.6) is 0 Å². The van der Waals surface area contributed by atoms with Gasteiger partial charge in [0.2, 0.25) is 0 Å². The Morgan fingerprint density at radius 2 is 2.18 bits per heavy atom. The smallest absolute Gasteiger partial charge is 0.186 e. The fraction of sp³-hybridized carbons (Fsp3) is 0.643. The first-order valence-electron chi connectivity index (χ1n) is 6.40. The van der Waals surface area contributed by atoms with Crippen LogP contribution in [-0.2, 0) is 0 Å². The summed E-state index contributed by atoms with van der Waals surface area (Å²) >= 11 is 1.61. The minimum atomic E-state index is 0.282. The van der Waals surface area contributed by atoms with Gasteiger partial charge in [-0.2, -0.15) is 0 Å². The first kappa shape index (κ1) is 12.8. The summed E-state index contributed by atoms with van der Waals surface area (Å²) in [6.07, 6.45) is 2.52. The summed E-state index contributed by atoms with van der Waals surface area (Å²) in [5.41, 5.74) is 0. The molecule has 2 nitrogen and oxygen atoms in total. The van der Waals surface area contributed by atoms with E-state index >= 15 is 0 Å². The number of nitrogens with zero attached hydrogens (tertiary/aromatic N) is 1. The quantitative estimate of drug-likeness (QED) is 0.768. The van der Waals surface area contributed by atoms with Crippen molar-refractivity contribution in [3.05, 3.63) is 21.9 Å². The molecule has 3 heteroatoms. The van der Waals surface area contributed by atoms with Crippen LogP contribution in [0.25, 0.3) is 0 Å². The number of carbonyl (C=O) groups excluding carboxylic acids is 1. The molecule has 0 bridgehead atoms. The minimum absolute atomic E-state index is 0.282. The number of hydrogen-bond acceptors (Lipinski definition) is 3. The molecule has 0 N–H and O–H groups in total. The fourth-order valence-corrected chi connectivity index (χ4v) is 3.24. The average molecular weight is 251 g/mol. The van der Waals surface area contributed by atoms with Gasteiger partial charge in [0.05, 0.1) is 11.4 Å². The minimum Gasteiger partial charge on any atom is -0.293 e. The van der Waals surface area contributed by atoms with Gasteiger partial charge in [0.15, 0.2) is 5.78 Å². The van der Waals surface area contributed by atoms with Gasteiger partial charge in [0, 0.05) is 17.5 Å². The van der Waals surface area contributed by atoms with Crippen molar-refractivity contribution in [2.24, 2.45) is 5.92 Å². The third kappa shape index (κ3) is 3.17. The number of likely N-dealkylation sites (tertiary alicyclic amines) is 1. The predicted octanol–water partition coefficient (Wildman–Crippen LogP) is 3.36. The van der Waals surface area contributed by atoms with Crippen molar-refractivity contribution in [2.75, 3.05) is 13.1 Å². The maximum atomic E-state index is 12.1. The van der Waals surface area contributed by atoms with Crippen LogP contribution in [-0.4, -0.2) is 29.8 Å². The molecule has 0 amide bonds. The number of piperidine rings is 1.